The maximum atomic E-state index is 14.4. The summed E-state index contributed by atoms with van der Waals surface area (Å²) in [6, 6.07) is 21.1. The van der Waals surface area contributed by atoms with E-state index in [1.807, 2.05) is 44.2 Å². The molecule has 3 aliphatic heterocycles. The molecule has 4 atom stereocenters. The van der Waals surface area contributed by atoms with Crippen LogP contribution in [-0.4, -0.2) is 91.3 Å². The first-order chi connectivity index (χ1) is 34.2. The van der Waals surface area contributed by atoms with Gasteiger partial charge >= 0.3 is 5.97 Å². The molecular formula is C57H68N4O10. The molecule has 3 aliphatic rings. The number of hydrogen-bond acceptors (Lipinski definition) is 10. The molecule has 7 rings (SSSR count). The number of unbranched alkanes of at least 4 members (excludes halogenated alkanes) is 2. The third-order valence-corrected chi connectivity index (χ3v) is 14.1. The molecule has 2 fully saturated rings. The Morgan fingerprint density at radius 1 is 0.789 bits per heavy atom. The van der Waals surface area contributed by atoms with E-state index in [0.717, 1.165) is 64.8 Å². The van der Waals surface area contributed by atoms with Gasteiger partial charge in [0.05, 0.1) is 31.3 Å². The smallest absolute Gasteiger partial charge is 0.329 e. The molecule has 71 heavy (non-hydrogen) atoms. The zero-order valence-electron chi connectivity index (χ0n) is 42.0. The maximum absolute atomic E-state index is 14.4. The van der Waals surface area contributed by atoms with Crippen molar-refractivity contribution in [1.29, 1.82) is 0 Å². The van der Waals surface area contributed by atoms with Gasteiger partial charge in [-0.2, -0.15) is 0 Å². The number of carbonyl (C=O) groups is 6. The number of esters is 1. The molecule has 2 unspecified atom stereocenters. The summed E-state index contributed by atoms with van der Waals surface area (Å²) in [6.07, 6.45) is 7.16. The predicted octanol–water partition coefficient (Wildman–Crippen LogP) is 8.72. The minimum atomic E-state index is -0.847. The Labute approximate surface area is 417 Å². The third kappa shape index (κ3) is 12.3. The number of imide groups is 1. The van der Waals surface area contributed by atoms with Crippen LogP contribution in [0.2, 0.25) is 0 Å². The van der Waals surface area contributed by atoms with Crippen LogP contribution in [0.25, 0.3) is 0 Å². The fourth-order valence-electron chi connectivity index (χ4n) is 9.94. The monoisotopic (exact) mass is 968 g/mol. The van der Waals surface area contributed by atoms with Crippen LogP contribution in [0.4, 0.5) is 0 Å². The van der Waals surface area contributed by atoms with Crippen LogP contribution in [0, 0.1) is 20.8 Å². The van der Waals surface area contributed by atoms with Gasteiger partial charge in [-0.15, -0.1) is 0 Å². The van der Waals surface area contributed by atoms with Crippen LogP contribution in [0.5, 0.6) is 17.2 Å². The van der Waals surface area contributed by atoms with Crippen LogP contribution in [0.1, 0.15) is 143 Å². The van der Waals surface area contributed by atoms with Crippen LogP contribution in [-0.2, 0) is 36.8 Å². The van der Waals surface area contributed by atoms with Gasteiger partial charge in [0.2, 0.25) is 11.8 Å². The van der Waals surface area contributed by atoms with E-state index in [4.69, 9.17) is 18.9 Å². The SMILES string of the molecule is C=C1CCC(N2C(=O)c3ccc(CCCCCNC(=O)COc4ccc(C(CCc5ccc(C)c(C)c5)OC(=O)[C@@H]5CCCCN5C(=O)[C@@H](CC)c5cc(C)c(OC)c(OC)c5)cc4)cc3C2=O)C(=O)N1. The normalized spacial score (nSPS) is 17.5. The quantitative estimate of drug-likeness (QED) is 0.0468. The van der Waals surface area contributed by atoms with Gasteiger partial charge in [-0.1, -0.05) is 62.4 Å². The average molecular weight is 969 g/mol. The first-order valence-corrected chi connectivity index (χ1v) is 25.0. The predicted molar refractivity (Wildman–Crippen MR) is 269 cm³/mol. The van der Waals surface area contributed by atoms with E-state index in [1.54, 1.807) is 43.4 Å². The number of likely N-dealkylation sites (tertiary alicyclic amines) is 1. The Morgan fingerprint density at radius 3 is 2.25 bits per heavy atom. The van der Waals surface area contributed by atoms with Crippen molar-refractivity contribution in [2.24, 2.45) is 0 Å². The number of ether oxygens (including phenoxy) is 4. The zero-order chi connectivity index (χ0) is 50.8. The lowest BCUT2D eigenvalue weighted by molar-refractivity contribution is -0.162. The number of carbonyl (C=O) groups excluding carboxylic acids is 6. The summed E-state index contributed by atoms with van der Waals surface area (Å²) in [7, 11) is 3.17. The van der Waals surface area contributed by atoms with Crippen molar-refractivity contribution in [3.05, 3.63) is 135 Å². The number of rotatable bonds is 21. The largest absolute Gasteiger partial charge is 0.493 e. The highest BCUT2D eigenvalue weighted by Gasteiger charge is 2.44. The summed E-state index contributed by atoms with van der Waals surface area (Å²) < 4.78 is 23.4. The van der Waals surface area contributed by atoms with Crippen molar-refractivity contribution in [2.75, 3.05) is 33.9 Å². The van der Waals surface area contributed by atoms with E-state index < -0.39 is 47.8 Å². The molecule has 2 N–H and O–H groups in total. The van der Waals surface area contributed by atoms with E-state index in [2.05, 4.69) is 49.3 Å². The lowest BCUT2D eigenvalue weighted by Crippen LogP contribution is -2.51. The number of hydrogen-bond donors (Lipinski definition) is 2. The van der Waals surface area contributed by atoms with Crippen molar-refractivity contribution in [3.63, 3.8) is 0 Å². The average Bonchev–Trinajstić information content (AvgIpc) is 3.61. The number of nitrogens with one attached hydrogen (secondary N) is 2. The molecule has 0 saturated carbocycles. The van der Waals surface area contributed by atoms with Crippen LogP contribution in [0.3, 0.4) is 0 Å². The first kappa shape index (κ1) is 51.9. The summed E-state index contributed by atoms with van der Waals surface area (Å²) >= 11 is 0. The Kier molecular flexibility index (Phi) is 17.4. The van der Waals surface area contributed by atoms with Crippen molar-refractivity contribution in [1.82, 2.24) is 20.4 Å². The highest BCUT2D eigenvalue weighted by molar-refractivity contribution is 6.23. The lowest BCUT2D eigenvalue weighted by Gasteiger charge is -2.37. The number of allylic oxidation sites excluding steroid dienone is 1. The van der Waals surface area contributed by atoms with Gasteiger partial charge in [-0.3, -0.25) is 28.9 Å². The molecule has 0 aromatic heterocycles. The second-order valence-corrected chi connectivity index (χ2v) is 19.0. The molecule has 3 heterocycles. The molecule has 0 aliphatic carbocycles. The van der Waals surface area contributed by atoms with E-state index in [9.17, 15) is 28.8 Å². The molecular weight excluding hydrogens is 901 g/mol. The molecule has 4 aromatic carbocycles. The molecule has 5 amide bonds. The highest BCUT2D eigenvalue weighted by atomic mass is 16.5. The van der Waals surface area contributed by atoms with Crippen molar-refractivity contribution in [2.45, 2.75) is 129 Å². The lowest BCUT2D eigenvalue weighted by atomic mass is 9.91. The molecule has 14 heteroatoms. The topological polar surface area (TPSA) is 170 Å². The number of nitrogens with zero attached hydrogens (tertiary/aromatic N) is 2. The fourth-order valence-corrected chi connectivity index (χ4v) is 9.94. The summed E-state index contributed by atoms with van der Waals surface area (Å²) in [5.41, 5.74) is 8.12. The van der Waals surface area contributed by atoms with Gasteiger partial charge in [0.1, 0.15) is 23.9 Å². The number of benzene rings is 4. The molecule has 376 valence electrons. The first-order valence-electron chi connectivity index (χ1n) is 25.0. The van der Waals surface area contributed by atoms with Gasteiger partial charge < -0.3 is 34.5 Å². The summed E-state index contributed by atoms with van der Waals surface area (Å²) in [5, 5.41) is 5.57. The van der Waals surface area contributed by atoms with Crippen molar-refractivity contribution >= 4 is 35.5 Å². The highest BCUT2D eigenvalue weighted by Crippen LogP contribution is 2.38. The molecule has 0 spiro atoms. The summed E-state index contributed by atoms with van der Waals surface area (Å²) in [5.74, 6) is -0.896. The van der Waals surface area contributed by atoms with E-state index >= 15 is 0 Å². The van der Waals surface area contributed by atoms with E-state index in [0.29, 0.717) is 92.1 Å². The van der Waals surface area contributed by atoms with Gasteiger partial charge in [0.25, 0.3) is 17.7 Å². The van der Waals surface area contributed by atoms with Gasteiger partial charge in [0.15, 0.2) is 18.1 Å². The number of fused-ring (bicyclic) bond motifs is 1. The number of piperidine rings is 2. The summed E-state index contributed by atoms with van der Waals surface area (Å²) in [6.45, 7) is 12.6. The second kappa shape index (κ2) is 23.8. The number of methoxy groups -OCH3 is 2. The van der Waals surface area contributed by atoms with Gasteiger partial charge in [0, 0.05) is 18.8 Å². The molecule has 0 bridgehead atoms. The Balaban J connectivity index is 0.912. The van der Waals surface area contributed by atoms with Gasteiger partial charge in [-0.25, -0.2) is 4.79 Å². The zero-order valence-corrected chi connectivity index (χ0v) is 42.0. The second-order valence-electron chi connectivity index (χ2n) is 19.0. The summed E-state index contributed by atoms with van der Waals surface area (Å²) in [4.78, 5) is 83.2. The van der Waals surface area contributed by atoms with Crippen LogP contribution in [0.15, 0.2) is 85.1 Å². The van der Waals surface area contributed by atoms with Crippen LogP contribution >= 0.6 is 0 Å². The minimum absolute atomic E-state index is 0.113. The van der Waals surface area contributed by atoms with Crippen LogP contribution < -0.4 is 24.8 Å². The Bertz CT molecular complexity index is 2640. The standard InChI is InChI=1S/C57H68N4O10/c1-8-44(42-31-37(4)52(69-7)50(33-42)68-6)54(64)60-29-13-11-15-48(60)57(67)71-49(27-20-40-18-16-35(2)36(3)30-40)41-21-23-43(24-22-41)70-34-51(62)58-28-12-9-10-14-39-19-25-45-46(32-39)56(66)61(55(45)65)47-26-17-38(5)59-53(47)63/h16,18-19,21-25,30-33,44,47-49H,5,8-15,17,20,26-29,34H2,1-4,6-7H3,(H,58,62)(H,59,63)/t44-,47?,48-,49?/m0/s1. The molecule has 14 nitrogen and oxygen atoms in total. The van der Waals surface area contributed by atoms with Crippen molar-refractivity contribution < 1.29 is 47.7 Å². The molecule has 2 saturated heterocycles. The number of amides is 5. The Hall–Kier alpha value is -6.96. The molecule has 4 aromatic rings. The number of aryl methyl sites for hydroxylation is 5. The third-order valence-electron chi connectivity index (χ3n) is 14.1. The van der Waals surface area contributed by atoms with E-state index in [1.165, 1.54) is 11.1 Å². The van der Waals surface area contributed by atoms with E-state index in [-0.39, 0.29) is 18.4 Å². The molecule has 0 radical (unpaired) electrons. The van der Waals surface area contributed by atoms with Crippen molar-refractivity contribution in [3.8, 4) is 17.2 Å². The fraction of sp³-hybridized carbons (Fsp3) is 0.439. The minimum Gasteiger partial charge on any atom is -0.493 e. The Morgan fingerprint density at radius 2 is 1.54 bits per heavy atom. The van der Waals surface area contributed by atoms with Gasteiger partial charge in [-0.05, 0) is 161 Å². The maximum Gasteiger partial charge on any atom is 0.329 e.